The fourth-order valence-corrected chi connectivity index (χ4v) is 2.13. The number of hydrogen-bond acceptors (Lipinski definition) is 3. The van der Waals surface area contributed by atoms with Gasteiger partial charge in [-0.25, -0.2) is 0 Å². The molecule has 0 fully saturated rings. The van der Waals surface area contributed by atoms with E-state index >= 15 is 0 Å². The molecule has 5 nitrogen and oxygen atoms in total. The lowest BCUT2D eigenvalue weighted by Gasteiger charge is -2.18. The Morgan fingerprint density at radius 3 is 2.60 bits per heavy atom. The van der Waals surface area contributed by atoms with Crippen molar-refractivity contribution in [3.63, 3.8) is 0 Å². The molecule has 0 atom stereocenters. The highest BCUT2D eigenvalue weighted by atomic mass is 16.3. The van der Waals surface area contributed by atoms with Crippen LogP contribution in [0.4, 0.5) is 0 Å². The molecule has 2 aliphatic rings. The third kappa shape index (κ3) is 2.12. The highest BCUT2D eigenvalue weighted by Crippen LogP contribution is 2.24. The van der Waals surface area contributed by atoms with E-state index in [1.807, 2.05) is 30.5 Å². The summed E-state index contributed by atoms with van der Waals surface area (Å²) in [6, 6.07) is 7.64. The van der Waals surface area contributed by atoms with E-state index in [1.165, 1.54) is 6.33 Å². The zero-order valence-electron chi connectivity index (χ0n) is 11.3. The summed E-state index contributed by atoms with van der Waals surface area (Å²) >= 11 is 0. The van der Waals surface area contributed by atoms with Crippen LogP contribution in [0.1, 0.15) is 19.4 Å². The number of benzene rings is 1. The minimum absolute atomic E-state index is 0.245. The first-order valence-electron chi connectivity index (χ1n) is 6.34. The molecule has 5 heteroatoms. The van der Waals surface area contributed by atoms with Crippen LogP contribution in [0.2, 0.25) is 0 Å². The van der Waals surface area contributed by atoms with Gasteiger partial charge in [0.05, 0.1) is 11.3 Å². The van der Waals surface area contributed by atoms with Gasteiger partial charge in [0.15, 0.2) is 0 Å². The summed E-state index contributed by atoms with van der Waals surface area (Å²) in [5.41, 5.74) is 2.12. The Kier molecular flexibility index (Phi) is 2.72. The minimum atomic E-state index is -0.853. The Bertz CT molecular complexity index is 763. The molecular weight excluding hydrogens is 254 g/mol. The van der Waals surface area contributed by atoms with E-state index in [1.54, 1.807) is 24.6 Å². The number of aromatic nitrogens is 3. The van der Waals surface area contributed by atoms with Crippen LogP contribution in [-0.4, -0.2) is 19.6 Å². The van der Waals surface area contributed by atoms with Crippen molar-refractivity contribution in [2.45, 2.75) is 19.4 Å². The molecule has 2 heterocycles. The predicted molar refractivity (Wildman–Crippen MR) is 76.1 cm³/mol. The van der Waals surface area contributed by atoms with E-state index in [-0.39, 0.29) is 5.56 Å². The lowest BCUT2D eigenvalue weighted by Crippen LogP contribution is -2.14. The molecule has 102 valence electrons. The monoisotopic (exact) mass is 269 g/mol. The van der Waals surface area contributed by atoms with E-state index < -0.39 is 5.60 Å². The minimum Gasteiger partial charge on any atom is -0.386 e. The van der Waals surface area contributed by atoms with Crippen LogP contribution in [0.25, 0.3) is 16.9 Å². The van der Waals surface area contributed by atoms with E-state index in [4.69, 9.17) is 0 Å². The Morgan fingerprint density at radius 2 is 1.95 bits per heavy atom. The molecule has 2 aliphatic heterocycles. The van der Waals surface area contributed by atoms with Gasteiger partial charge < -0.3 is 10.1 Å². The van der Waals surface area contributed by atoms with Crippen LogP contribution in [0.3, 0.4) is 0 Å². The van der Waals surface area contributed by atoms with Crippen molar-refractivity contribution in [2.75, 3.05) is 0 Å². The number of nitrogens with zero attached hydrogens (tertiary/aromatic N) is 2. The van der Waals surface area contributed by atoms with Crippen molar-refractivity contribution in [3.05, 3.63) is 58.9 Å². The second-order valence-electron chi connectivity index (χ2n) is 5.31. The van der Waals surface area contributed by atoms with Crippen molar-refractivity contribution < 1.29 is 5.11 Å². The highest BCUT2D eigenvalue weighted by molar-refractivity contribution is 5.59. The molecule has 3 rings (SSSR count). The number of nitrogens with one attached hydrogen (secondary N) is 1. The predicted octanol–water partition coefficient (Wildman–Crippen LogP) is 1.89. The molecule has 0 bridgehead atoms. The molecule has 0 amide bonds. The topological polar surface area (TPSA) is 70.9 Å². The van der Waals surface area contributed by atoms with Crippen LogP contribution < -0.4 is 5.56 Å². The number of fused-ring (bicyclic) bond motifs is 1. The first kappa shape index (κ1) is 12.6. The van der Waals surface area contributed by atoms with Crippen LogP contribution in [0.15, 0.2) is 47.8 Å². The molecule has 1 aromatic rings. The summed E-state index contributed by atoms with van der Waals surface area (Å²) in [7, 11) is 0. The number of aliphatic hydroxyl groups is 1. The maximum atomic E-state index is 11.4. The Labute approximate surface area is 115 Å². The molecule has 0 radical (unpaired) electrons. The average Bonchev–Trinajstić information content (AvgIpc) is 2.79. The lowest BCUT2D eigenvalue weighted by atomic mass is 9.97. The van der Waals surface area contributed by atoms with Crippen LogP contribution in [-0.2, 0) is 5.60 Å². The fraction of sp³-hybridized carbons (Fsp3) is 0.200. The molecule has 0 aromatic heterocycles. The van der Waals surface area contributed by atoms with Gasteiger partial charge in [0, 0.05) is 12.4 Å². The molecule has 0 spiro atoms. The summed E-state index contributed by atoms with van der Waals surface area (Å²) in [5, 5.41) is 9.94. The van der Waals surface area contributed by atoms with Crippen molar-refractivity contribution in [1.29, 1.82) is 0 Å². The van der Waals surface area contributed by atoms with Gasteiger partial charge in [0.1, 0.15) is 12.0 Å². The summed E-state index contributed by atoms with van der Waals surface area (Å²) in [5.74, 6) is 0. The first-order valence-corrected chi connectivity index (χ1v) is 6.34. The van der Waals surface area contributed by atoms with E-state index in [9.17, 15) is 9.90 Å². The normalized spacial score (nSPS) is 11.9. The maximum absolute atomic E-state index is 11.4. The summed E-state index contributed by atoms with van der Waals surface area (Å²) in [6.45, 7) is 3.50. The SMILES string of the molecule is CC(C)(O)c1ccc(-c2cn3cnc(=O)c-3c[nH]2)cc1. The zero-order chi connectivity index (χ0) is 14.3. The Morgan fingerprint density at radius 1 is 1.25 bits per heavy atom. The molecular formula is C15H15N3O2. The molecule has 20 heavy (non-hydrogen) atoms. The standard InChI is InChI=1S/C15H15N3O2/c1-15(2,20)11-5-3-10(4-6-11)12-8-18-9-17-14(19)13(18)7-16-12/h3-9,16,20H,1-2H3. The molecule has 0 saturated carbocycles. The molecule has 0 unspecified atom stereocenters. The Balaban J connectivity index is 2.03. The number of imidazole rings is 1. The Hall–Kier alpha value is -2.40. The van der Waals surface area contributed by atoms with Crippen molar-refractivity contribution in [3.8, 4) is 16.9 Å². The third-order valence-electron chi connectivity index (χ3n) is 3.33. The zero-order valence-corrected chi connectivity index (χ0v) is 11.3. The molecule has 0 saturated heterocycles. The smallest absolute Gasteiger partial charge is 0.296 e. The first-order chi connectivity index (χ1) is 9.45. The van der Waals surface area contributed by atoms with Crippen LogP contribution >= 0.6 is 0 Å². The van der Waals surface area contributed by atoms with E-state index in [0.29, 0.717) is 5.69 Å². The lowest BCUT2D eigenvalue weighted by molar-refractivity contribution is 0.0786. The van der Waals surface area contributed by atoms with Gasteiger partial charge in [-0.2, -0.15) is 4.98 Å². The second-order valence-corrected chi connectivity index (χ2v) is 5.31. The summed E-state index contributed by atoms with van der Waals surface area (Å²) < 4.78 is 1.69. The fourth-order valence-electron chi connectivity index (χ4n) is 2.13. The number of aromatic amines is 1. The number of H-pyrrole nitrogens is 1. The molecule has 2 N–H and O–H groups in total. The van der Waals surface area contributed by atoms with Crippen molar-refractivity contribution in [2.24, 2.45) is 0 Å². The number of hydrogen-bond donors (Lipinski definition) is 2. The second kappa shape index (κ2) is 4.31. The summed E-state index contributed by atoms with van der Waals surface area (Å²) in [6.07, 6.45) is 4.97. The van der Waals surface area contributed by atoms with Gasteiger partial charge in [-0.3, -0.25) is 9.36 Å². The molecule has 0 aliphatic carbocycles. The van der Waals surface area contributed by atoms with E-state index in [2.05, 4.69) is 9.97 Å². The van der Waals surface area contributed by atoms with Crippen LogP contribution in [0, 0.1) is 0 Å². The van der Waals surface area contributed by atoms with Gasteiger partial charge in [-0.05, 0) is 25.0 Å². The average molecular weight is 269 g/mol. The van der Waals surface area contributed by atoms with Gasteiger partial charge in [-0.1, -0.05) is 24.3 Å². The van der Waals surface area contributed by atoms with Gasteiger partial charge >= 0.3 is 0 Å². The van der Waals surface area contributed by atoms with Crippen LogP contribution in [0.5, 0.6) is 0 Å². The van der Waals surface area contributed by atoms with Gasteiger partial charge in [-0.15, -0.1) is 0 Å². The quantitative estimate of drug-likeness (QED) is 0.746. The van der Waals surface area contributed by atoms with Gasteiger partial charge in [0.25, 0.3) is 5.56 Å². The largest absolute Gasteiger partial charge is 0.386 e. The molecule has 1 aromatic carbocycles. The summed E-state index contributed by atoms with van der Waals surface area (Å²) in [4.78, 5) is 18.2. The maximum Gasteiger partial charge on any atom is 0.296 e. The van der Waals surface area contributed by atoms with Crippen molar-refractivity contribution >= 4 is 0 Å². The van der Waals surface area contributed by atoms with Crippen molar-refractivity contribution in [1.82, 2.24) is 14.5 Å². The highest BCUT2D eigenvalue weighted by Gasteiger charge is 2.15. The number of rotatable bonds is 2. The van der Waals surface area contributed by atoms with Gasteiger partial charge in [0.2, 0.25) is 0 Å². The third-order valence-corrected chi connectivity index (χ3v) is 3.33. The van der Waals surface area contributed by atoms with E-state index in [0.717, 1.165) is 16.8 Å².